The lowest BCUT2D eigenvalue weighted by Crippen LogP contribution is -2.25. The van der Waals surface area contributed by atoms with Crippen molar-refractivity contribution in [1.29, 1.82) is 0 Å². The van der Waals surface area contributed by atoms with Gasteiger partial charge in [-0.05, 0) is 36.4 Å². The number of ether oxygens (including phenoxy) is 4. The SMILES string of the molecule is COc1ccc(-c2nc(CCNC(=O)c3cc(OC)c(OC)c(OC)c3)cs2)cc1. The predicted octanol–water partition coefficient (Wildman–Crippen LogP) is 3.82. The van der Waals surface area contributed by atoms with Crippen molar-refractivity contribution >= 4 is 17.2 Å². The van der Waals surface area contributed by atoms with Crippen molar-refractivity contribution in [3.05, 3.63) is 53.0 Å². The number of carbonyl (C=O) groups is 1. The topological polar surface area (TPSA) is 78.9 Å². The number of hydrogen-bond donors (Lipinski definition) is 1. The van der Waals surface area contributed by atoms with Crippen molar-refractivity contribution in [3.8, 4) is 33.6 Å². The van der Waals surface area contributed by atoms with E-state index in [0.717, 1.165) is 22.0 Å². The maximum absolute atomic E-state index is 12.6. The summed E-state index contributed by atoms with van der Waals surface area (Å²) in [5.41, 5.74) is 2.39. The molecule has 0 radical (unpaired) electrons. The highest BCUT2D eigenvalue weighted by molar-refractivity contribution is 7.13. The number of hydrogen-bond acceptors (Lipinski definition) is 7. The molecule has 0 aliphatic heterocycles. The minimum absolute atomic E-state index is 0.222. The van der Waals surface area contributed by atoms with E-state index in [9.17, 15) is 4.79 Å². The number of nitrogens with one attached hydrogen (secondary N) is 1. The third-order valence-corrected chi connectivity index (χ3v) is 5.42. The number of methoxy groups -OCH3 is 4. The number of aromatic nitrogens is 1. The molecule has 1 amide bonds. The van der Waals surface area contributed by atoms with Crippen LogP contribution in [0.25, 0.3) is 10.6 Å². The lowest BCUT2D eigenvalue weighted by atomic mass is 10.1. The van der Waals surface area contributed by atoms with Gasteiger partial charge in [0.05, 0.1) is 34.1 Å². The Morgan fingerprint density at radius 2 is 1.63 bits per heavy atom. The molecular formula is C22H24N2O5S. The summed E-state index contributed by atoms with van der Waals surface area (Å²) in [4.78, 5) is 17.2. The van der Waals surface area contributed by atoms with Crippen LogP contribution in [0, 0.1) is 0 Å². The molecule has 3 rings (SSSR count). The summed E-state index contributed by atoms with van der Waals surface area (Å²) in [6.45, 7) is 0.460. The number of rotatable bonds is 9. The number of benzene rings is 2. The summed E-state index contributed by atoms with van der Waals surface area (Å²) in [6.07, 6.45) is 0.628. The molecule has 30 heavy (non-hydrogen) atoms. The summed E-state index contributed by atoms with van der Waals surface area (Å²) in [6, 6.07) is 11.0. The average Bonchev–Trinajstić information content (AvgIpc) is 3.26. The van der Waals surface area contributed by atoms with Gasteiger partial charge in [0.15, 0.2) is 11.5 Å². The molecule has 1 aromatic heterocycles. The van der Waals surface area contributed by atoms with E-state index in [1.54, 1.807) is 30.6 Å². The lowest BCUT2D eigenvalue weighted by molar-refractivity contribution is 0.0953. The first-order valence-corrected chi connectivity index (χ1v) is 10.1. The summed E-state index contributed by atoms with van der Waals surface area (Å²) in [5, 5.41) is 5.85. The molecule has 1 heterocycles. The molecule has 7 nitrogen and oxygen atoms in total. The van der Waals surface area contributed by atoms with Crippen molar-refractivity contribution in [2.75, 3.05) is 35.0 Å². The summed E-state index contributed by atoms with van der Waals surface area (Å²) < 4.78 is 21.1. The zero-order valence-electron chi connectivity index (χ0n) is 17.4. The summed E-state index contributed by atoms with van der Waals surface area (Å²) >= 11 is 1.57. The van der Waals surface area contributed by atoms with E-state index in [0.29, 0.717) is 35.8 Å². The smallest absolute Gasteiger partial charge is 0.251 e. The first-order chi connectivity index (χ1) is 14.6. The van der Waals surface area contributed by atoms with Crippen molar-refractivity contribution in [3.63, 3.8) is 0 Å². The van der Waals surface area contributed by atoms with Gasteiger partial charge in [-0.15, -0.1) is 11.3 Å². The molecule has 0 bridgehead atoms. The third kappa shape index (κ3) is 4.83. The fraction of sp³-hybridized carbons (Fsp3) is 0.273. The van der Waals surface area contributed by atoms with E-state index in [1.807, 2.05) is 29.6 Å². The summed E-state index contributed by atoms with van der Waals surface area (Å²) in [5.74, 6) is 1.91. The molecule has 0 aliphatic rings. The van der Waals surface area contributed by atoms with Crippen molar-refractivity contribution in [1.82, 2.24) is 10.3 Å². The van der Waals surface area contributed by atoms with Gasteiger partial charge in [-0.1, -0.05) is 0 Å². The first kappa shape index (κ1) is 21.4. The van der Waals surface area contributed by atoms with Crippen LogP contribution in [0.15, 0.2) is 41.8 Å². The number of thiazole rings is 1. The third-order valence-electron chi connectivity index (χ3n) is 4.48. The van der Waals surface area contributed by atoms with Crippen LogP contribution in [-0.4, -0.2) is 45.9 Å². The second kappa shape index (κ2) is 9.98. The number of amides is 1. The Morgan fingerprint density at radius 1 is 0.967 bits per heavy atom. The molecule has 3 aromatic rings. The van der Waals surface area contributed by atoms with E-state index in [4.69, 9.17) is 18.9 Å². The van der Waals surface area contributed by atoms with Crippen LogP contribution in [0.3, 0.4) is 0 Å². The molecule has 0 saturated heterocycles. The average molecular weight is 429 g/mol. The second-order valence-corrected chi connectivity index (χ2v) is 7.15. The van der Waals surface area contributed by atoms with Gasteiger partial charge in [0, 0.05) is 29.5 Å². The van der Waals surface area contributed by atoms with E-state index < -0.39 is 0 Å². The quantitative estimate of drug-likeness (QED) is 0.558. The van der Waals surface area contributed by atoms with Gasteiger partial charge in [-0.25, -0.2) is 4.98 Å². The molecule has 0 aliphatic carbocycles. The fourth-order valence-electron chi connectivity index (χ4n) is 2.91. The van der Waals surface area contributed by atoms with Gasteiger partial charge in [-0.3, -0.25) is 4.79 Å². The van der Waals surface area contributed by atoms with E-state index in [-0.39, 0.29) is 5.91 Å². The van der Waals surface area contributed by atoms with Crippen LogP contribution in [0.2, 0.25) is 0 Å². The Kier molecular flexibility index (Phi) is 7.13. The molecule has 2 aromatic carbocycles. The maximum atomic E-state index is 12.6. The Labute approximate surface area is 179 Å². The Bertz CT molecular complexity index is 976. The zero-order valence-corrected chi connectivity index (χ0v) is 18.2. The molecular weight excluding hydrogens is 404 g/mol. The van der Waals surface area contributed by atoms with Crippen molar-refractivity contribution < 1.29 is 23.7 Å². The monoisotopic (exact) mass is 428 g/mol. The van der Waals surface area contributed by atoms with Crippen LogP contribution in [0.1, 0.15) is 16.1 Å². The molecule has 0 atom stereocenters. The molecule has 8 heteroatoms. The van der Waals surface area contributed by atoms with Gasteiger partial charge >= 0.3 is 0 Å². The Hall–Kier alpha value is -3.26. The van der Waals surface area contributed by atoms with Crippen molar-refractivity contribution in [2.24, 2.45) is 0 Å². The van der Waals surface area contributed by atoms with Gasteiger partial charge in [0.1, 0.15) is 10.8 Å². The fourth-order valence-corrected chi connectivity index (χ4v) is 3.77. The molecule has 0 fully saturated rings. The number of nitrogens with zero attached hydrogens (tertiary/aromatic N) is 1. The molecule has 0 unspecified atom stereocenters. The lowest BCUT2D eigenvalue weighted by Gasteiger charge is -2.14. The highest BCUT2D eigenvalue weighted by atomic mass is 32.1. The van der Waals surface area contributed by atoms with Crippen molar-refractivity contribution in [2.45, 2.75) is 6.42 Å². The molecule has 158 valence electrons. The Balaban J connectivity index is 1.61. The molecule has 0 spiro atoms. The highest BCUT2D eigenvalue weighted by Crippen LogP contribution is 2.38. The maximum Gasteiger partial charge on any atom is 0.251 e. The molecule has 0 saturated carbocycles. The minimum atomic E-state index is -0.222. The molecule has 1 N–H and O–H groups in total. The zero-order chi connectivity index (χ0) is 21.5. The largest absolute Gasteiger partial charge is 0.497 e. The van der Waals surface area contributed by atoms with Gasteiger partial charge in [0.25, 0.3) is 5.91 Å². The second-order valence-electron chi connectivity index (χ2n) is 6.29. The van der Waals surface area contributed by atoms with Crippen LogP contribution >= 0.6 is 11.3 Å². The van der Waals surface area contributed by atoms with Gasteiger partial charge in [0.2, 0.25) is 5.75 Å². The summed E-state index contributed by atoms with van der Waals surface area (Å²) in [7, 11) is 6.19. The standard InChI is InChI=1S/C22H24N2O5S/c1-26-17-7-5-14(6-8-17)22-24-16(13-30-22)9-10-23-21(25)15-11-18(27-2)20(29-4)19(12-15)28-3/h5-8,11-13H,9-10H2,1-4H3,(H,23,25). The highest BCUT2D eigenvalue weighted by Gasteiger charge is 2.17. The van der Waals surface area contributed by atoms with Crippen LogP contribution in [0.5, 0.6) is 23.0 Å². The van der Waals surface area contributed by atoms with Gasteiger partial charge in [-0.2, -0.15) is 0 Å². The van der Waals surface area contributed by atoms with Crippen LogP contribution in [-0.2, 0) is 6.42 Å². The van der Waals surface area contributed by atoms with Crippen LogP contribution < -0.4 is 24.3 Å². The van der Waals surface area contributed by atoms with E-state index in [1.165, 1.54) is 21.3 Å². The van der Waals surface area contributed by atoms with E-state index >= 15 is 0 Å². The minimum Gasteiger partial charge on any atom is -0.497 e. The van der Waals surface area contributed by atoms with E-state index in [2.05, 4.69) is 10.3 Å². The van der Waals surface area contributed by atoms with Crippen LogP contribution in [0.4, 0.5) is 0 Å². The number of carbonyl (C=O) groups excluding carboxylic acids is 1. The first-order valence-electron chi connectivity index (χ1n) is 9.26. The predicted molar refractivity (Wildman–Crippen MR) is 116 cm³/mol. The van der Waals surface area contributed by atoms with Gasteiger partial charge < -0.3 is 24.3 Å². The Morgan fingerprint density at radius 3 is 2.20 bits per heavy atom. The normalized spacial score (nSPS) is 10.4.